The van der Waals surface area contributed by atoms with Crippen molar-refractivity contribution in [3.8, 4) is 0 Å². The molecule has 1 aromatic heterocycles. The molecule has 1 aliphatic rings. The van der Waals surface area contributed by atoms with Gasteiger partial charge in [-0.3, -0.25) is 14.7 Å². The Morgan fingerprint density at radius 1 is 1.19 bits per heavy atom. The van der Waals surface area contributed by atoms with Crippen LogP contribution >= 0.6 is 0 Å². The topological polar surface area (TPSA) is 36.4 Å². The zero-order valence-electron chi connectivity index (χ0n) is 15.4. The highest BCUT2D eigenvalue weighted by atomic mass is 19.1. The molecule has 4 nitrogen and oxygen atoms in total. The standard InChI is InChI=1S/C21H26FN3O/c1-16(2)20-15-25(21(26)19-6-3-4-11-23-19)13-5-12-24(20)14-17-7-9-18(22)10-8-17/h3-4,6-11,16,20H,5,12-15H2,1-2H3/t20-/m1/s1. The molecule has 3 rings (SSSR count). The zero-order valence-corrected chi connectivity index (χ0v) is 15.4. The van der Waals surface area contributed by atoms with Crippen LogP contribution in [0.4, 0.5) is 4.39 Å². The van der Waals surface area contributed by atoms with Gasteiger partial charge in [0.15, 0.2) is 0 Å². The number of hydrogen-bond acceptors (Lipinski definition) is 3. The van der Waals surface area contributed by atoms with Gasteiger partial charge in [-0.1, -0.05) is 32.0 Å². The Labute approximate surface area is 154 Å². The molecule has 2 aromatic rings. The Bertz CT molecular complexity index is 718. The average molecular weight is 355 g/mol. The van der Waals surface area contributed by atoms with Crippen LogP contribution in [0.2, 0.25) is 0 Å². The smallest absolute Gasteiger partial charge is 0.272 e. The first kappa shape index (κ1) is 18.5. The van der Waals surface area contributed by atoms with E-state index >= 15 is 0 Å². The van der Waals surface area contributed by atoms with Crippen molar-refractivity contribution in [2.45, 2.75) is 32.9 Å². The van der Waals surface area contributed by atoms with E-state index in [1.165, 1.54) is 12.1 Å². The van der Waals surface area contributed by atoms with Gasteiger partial charge in [0.1, 0.15) is 11.5 Å². The van der Waals surface area contributed by atoms with E-state index in [2.05, 4.69) is 23.7 Å². The van der Waals surface area contributed by atoms with Crippen molar-refractivity contribution in [3.05, 3.63) is 65.7 Å². The lowest BCUT2D eigenvalue weighted by Gasteiger charge is -2.34. The lowest BCUT2D eigenvalue weighted by Crippen LogP contribution is -2.45. The fraction of sp³-hybridized carbons (Fsp3) is 0.429. The van der Waals surface area contributed by atoms with Crippen molar-refractivity contribution in [1.29, 1.82) is 0 Å². The van der Waals surface area contributed by atoms with E-state index in [1.54, 1.807) is 12.3 Å². The van der Waals surface area contributed by atoms with Crippen molar-refractivity contribution < 1.29 is 9.18 Å². The number of halogens is 1. The van der Waals surface area contributed by atoms with Crippen molar-refractivity contribution in [2.24, 2.45) is 5.92 Å². The van der Waals surface area contributed by atoms with Gasteiger partial charge in [-0.25, -0.2) is 4.39 Å². The molecule has 0 saturated carbocycles. The molecule has 138 valence electrons. The van der Waals surface area contributed by atoms with Gasteiger partial charge in [0, 0.05) is 38.4 Å². The number of carbonyl (C=O) groups is 1. The van der Waals surface area contributed by atoms with Gasteiger partial charge >= 0.3 is 0 Å². The summed E-state index contributed by atoms with van der Waals surface area (Å²) in [6.45, 7) is 7.50. The molecule has 1 amide bonds. The molecule has 0 radical (unpaired) electrons. The lowest BCUT2D eigenvalue weighted by atomic mass is 10.0. The number of nitrogens with zero attached hydrogens (tertiary/aromatic N) is 3. The second-order valence-corrected chi connectivity index (χ2v) is 7.23. The summed E-state index contributed by atoms with van der Waals surface area (Å²) in [4.78, 5) is 21.4. The first-order valence-electron chi connectivity index (χ1n) is 9.23. The summed E-state index contributed by atoms with van der Waals surface area (Å²) >= 11 is 0. The van der Waals surface area contributed by atoms with Crippen molar-refractivity contribution in [1.82, 2.24) is 14.8 Å². The summed E-state index contributed by atoms with van der Waals surface area (Å²) in [5, 5.41) is 0. The van der Waals surface area contributed by atoms with Crippen molar-refractivity contribution >= 4 is 5.91 Å². The Balaban J connectivity index is 1.75. The quantitative estimate of drug-likeness (QED) is 0.841. The van der Waals surface area contributed by atoms with E-state index in [0.717, 1.165) is 31.6 Å². The molecular weight excluding hydrogens is 329 g/mol. The third-order valence-corrected chi connectivity index (χ3v) is 4.99. The molecule has 1 aromatic carbocycles. The van der Waals surface area contributed by atoms with Crippen molar-refractivity contribution in [3.63, 3.8) is 0 Å². The van der Waals surface area contributed by atoms with E-state index in [9.17, 15) is 9.18 Å². The minimum Gasteiger partial charge on any atom is -0.336 e. The molecule has 5 heteroatoms. The molecule has 2 heterocycles. The Morgan fingerprint density at radius 2 is 1.96 bits per heavy atom. The third-order valence-electron chi connectivity index (χ3n) is 4.99. The van der Waals surface area contributed by atoms with Gasteiger partial charge in [0.25, 0.3) is 5.91 Å². The summed E-state index contributed by atoms with van der Waals surface area (Å²) in [5.74, 6) is 0.199. The molecule has 1 saturated heterocycles. The second kappa shape index (κ2) is 8.41. The SMILES string of the molecule is CC(C)[C@H]1CN(C(=O)c2ccccn2)CCCN1Cc1ccc(F)cc1. The van der Waals surface area contributed by atoms with Crippen LogP contribution in [-0.4, -0.2) is 46.4 Å². The predicted molar refractivity (Wildman–Crippen MR) is 100 cm³/mol. The molecule has 26 heavy (non-hydrogen) atoms. The van der Waals surface area contributed by atoms with E-state index in [-0.39, 0.29) is 17.8 Å². The number of rotatable bonds is 4. The fourth-order valence-corrected chi connectivity index (χ4v) is 3.55. The molecule has 0 N–H and O–H groups in total. The summed E-state index contributed by atoms with van der Waals surface area (Å²) in [6, 6.07) is 12.4. The van der Waals surface area contributed by atoms with Crippen LogP contribution in [-0.2, 0) is 6.54 Å². The monoisotopic (exact) mass is 355 g/mol. The number of carbonyl (C=O) groups excluding carboxylic acids is 1. The summed E-state index contributed by atoms with van der Waals surface area (Å²) < 4.78 is 13.2. The van der Waals surface area contributed by atoms with Crippen LogP contribution in [0.1, 0.15) is 36.3 Å². The molecule has 1 aliphatic heterocycles. The maximum Gasteiger partial charge on any atom is 0.272 e. The van der Waals surface area contributed by atoms with Crippen LogP contribution < -0.4 is 0 Å². The van der Waals surface area contributed by atoms with Gasteiger partial charge < -0.3 is 4.90 Å². The minimum atomic E-state index is -0.211. The fourth-order valence-electron chi connectivity index (χ4n) is 3.55. The molecule has 0 spiro atoms. The van der Waals surface area contributed by atoms with E-state index in [0.29, 0.717) is 18.2 Å². The minimum absolute atomic E-state index is 0.000109. The Kier molecular flexibility index (Phi) is 5.99. The number of benzene rings is 1. The van der Waals surface area contributed by atoms with E-state index in [1.807, 2.05) is 29.2 Å². The lowest BCUT2D eigenvalue weighted by molar-refractivity contribution is 0.0696. The maximum absolute atomic E-state index is 13.2. The van der Waals surface area contributed by atoms with Gasteiger partial charge in [-0.15, -0.1) is 0 Å². The number of amides is 1. The Hall–Kier alpha value is -2.27. The molecule has 1 fully saturated rings. The van der Waals surface area contributed by atoms with Gasteiger partial charge in [-0.05, 0) is 42.2 Å². The predicted octanol–water partition coefficient (Wildman–Crippen LogP) is 3.59. The largest absolute Gasteiger partial charge is 0.336 e. The molecule has 1 atom stereocenters. The number of aromatic nitrogens is 1. The molecule has 0 unspecified atom stereocenters. The first-order valence-corrected chi connectivity index (χ1v) is 9.23. The average Bonchev–Trinajstić information content (AvgIpc) is 2.86. The van der Waals surface area contributed by atoms with Crippen LogP contribution in [0.3, 0.4) is 0 Å². The highest BCUT2D eigenvalue weighted by Gasteiger charge is 2.30. The highest BCUT2D eigenvalue weighted by molar-refractivity contribution is 5.92. The van der Waals surface area contributed by atoms with Crippen LogP contribution in [0, 0.1) is 11.7 Å². The summed E-state index contributed by atoms with van der Waals surface area (Å²) in [7, 11) is 0. The van der Waals surface area contributed by atoms with Gasteiger partial charge in [0.05, 0.1) is 0 Å². The Morgan fingerprint density at radius 3 is 2.62 bits per heavy atom. The molecule has 0 aliphatic carbocycles. The molecular formula is C21H26FN3O. The van der Waals surface area contributed by atoms with Crippen LogP contribution in [0.5, 0.6) is 0 Å². The van der Waals surface area contributed by atoms with Crippen LogP contribution in [0.25, 0.3) is 0 Å². The van der Waals surface area contributed by atoms with Gasteiger partial charge in [0.2, 0.25) is 0 Å². The van der Waals surface area contributed by atoms with Crippen LogP contribution in [0.15, 0.2) is 48.7 Å². The summed E-state index contributed by atoms with van der Waals surface area (Å²) in [5.41, 5.74) is 1.60. The van der Waals surface area contributed by atoms with E-state index < -0.39 is 0 Å². The second-order valence-electron chi connectivity index (χ2n) is 7.23. The maximum atomic E-state index is 13.2. The zero-order chi connectivity index (χ0) is 18.5. The number of hydrogen-bond donors (Lipinski definition) is 0. The number of pyridine rings is 1. The van der Waals surface area contributed by atoms with Crippen molar-refractivity contribution in [2.75, 3.05) is 19.6 Å². The first-order chi connectivity index (χ1) is 12.5. The van der Waals surface area contributed by atoms with Gasteiger partial charge in [-0.2, -0.15) is 0 Å². The third kappa shape index (κ3) is 4.47. The highest BCUT2D eigenvalue weighted by Crippen LogP contribution is 2.21. The normalized spacial score (nSPS) is 18.8. The molecule has 0 bridgehead atoms. The summed E-state index contributed by atoms with van der Waals surface area (Å²) in [6.07, 6.45) is 2.58. The van der Waals surface area contributed by atoms with E-state index in [4.69, 9.17) is 0 Å².